The van der Waals surface area contributed by atoms with Crippen LogP contribution in [0.15, 0.2) is 59.5 Å². The van der Waals surface area contributed by atoms with E-state index in [4.69, 9.17) is 0 Å². The first-order chi connectivity index (χ1) is 14.2. The highest BCUT2D eigenvalue weighted by Crippen LogP contribution is 2.26. The molecule has 0 unspecified atom stereocenters. The Morgan fingerprint density at radius 3 is 2.55 bits per heavy atom. The summed E-state index contributed by atoms with van der Waals surface area (Å²) in [5, 5.41) is 5.88. The van der Waals surface area contributed by atoms with Crippen LogP contribution in [0.5, 0.6) is 0 Å². The number of amides is 1. The molecule has 3 heterocycles. The fraction of sp³-hybridized carbons (Fsp3) is 0.348. The molecule has 1 amide bonds. The van der Waals surface area contributed by atoms with E-state index in [0.717, 1.165) is 31.3 Å². The van der Waals surface area contributed by atoms with Crippen LogP contribution in [0, 0.1) is 0 Å². The molecule has 1 fully saturated rings. The fourth-order valence-electron chi connectivity index (χ4n) is 4.52. The topological polar surface area (TPSA) is 58.4 Å². The van der Waals surface area contributed by atoms with Crippen molar-refractivity contribution in [2.45, 2.75) is 38.5 Å². The highest BCUT2D eigenvalue weighted by atomic mass is 16.2. The van der Waals surface area contributed by atoms with Crippen molar-refractivity contribution < 1.29 is 4.79 Å². The van der Waals surface area contributed by atoms with Gasteiger partial charge in [0.05, 0.1) is 24.3 Å². The highest BCUT2D eigenvalue weighted by Gasteiger charge is 2.35. The van der Waals surface area contributed by atoms with E-state index >= 15 is 0 Å². The van der Waals surface area contributed by atoms with Crippen molar-refractivity contribution in [1.82, 2.24) is 19.6 Å². The molecule has 3 aromatic rings. The monoisotopic (exact) mass is 388 g/mol. The molecule has 1 atom stereocenters. The molecule has 0 saturated carbocycles. The number of hydrogen-bond acceptors (Lipinski definition) is 4. The van der Waals surface area contributed by atoms with Crippen LogP contribution in [0.2, 0.25) is 0 Å². The van der Waals surface area contributed by atoms with Gasteiger partial charge >= 0.3 is 0 Å². The minimum Gasteiger partial charge on any atom is -0.341 e. The number of rotatable bonds is 3. The molecule has 0 radical (unpaired) electrons. The molecule has 29 heavy (non-hydrogen) atoms. The van der Waals surface area contributed by atoms with Crippen LogP contribution in [0.3, 0.4) is 0 Å². The minimum absolute atomic E-state index is 0.116. The van der Waals surface area contributed by atoms with Gasteiger partial charge in [0.25, 0.3) is 5.56 Å². The lowest BCUT2D eigenvalue weighted by Crippen LogP contribution is -2.52. The summed E-state index contributed by atoms with van der Waals surface area (Å²) in [4.78, 5) is 30.3. The smallest absolute Gasteiger partial charge is 0.275 e. The summed E-state index contributed by atoms with van der Waals surface area (Å²) >= 11 is 0. The predicted octanol–water partition coefficient (Wildman–Crippen LogP) is 2.40. The van der Waals surface area contributed by atoms with Crippen molar-refractivity contribution >= 4 is 16.7 Å². The van der Waals surface area contributed by atoms with Crippen molar-refractivity contribution in [2.24, 2.45) is 0 Å². The number of benzene rings is 2. The Balaban J connectivity index is 1.50. The lowest BCUT2D eigenvalue weighted by molar-refractivity contribution is -0.137. The van der Waals surface area contributed by atoms with Crippen LogP contribution >= 0.6 is 0 Å². The third kappa shape index (κ3) is 3.34. The molecular formula is C23H24N4O2. The Morgan fingerprint density at radius 1 is 1.00 bits per heavy atom. The molecule has 148 valence electrons. The molecule has 0 N–H and O–H groups in total. The van der Waals surface area contributed by atoms with Crippen molar-refractivity contribution in [2.75, 3.05) is 13.1 Å². The van der Waals surface area contributed by atoms with Crippen LogP contribution < -0.4 is 5.56 Å². The average Bonchev–Trinajstić information content (AvgIpc) is 3.30. The first-order valence-corrected chi connectivity index (χ1v) is 10.3. The predicted molar refractivity (Wildman–Crippen MR) is 111 cm³/mol. The summed E-state index contributed by atoms with van der Waals surface area (Å²) in [6, 6.07) is 15.5. The number of nitrogens with zero attached hydrogens (tertiary/aromatic N) is 4. The van der Waals surface area contributed by atoms with Gasteiger partial charge in [0.15, 0.2) is 0 Å². The van der Waals surface area contributed by atoms with Crippen molar-refractivity contribution in [1.29, 1.82) is 0 Å². The van der Waals surface area contributed by atoms with Gasteiger partial charge in [-0.2, -0.15) is 5.10 Å². The van der Waals surface area contributed by atoms with Crippen LogP contribution in [0.4, 0.5) is 0 Å². The average molecular weight is 388 g/mol. The Hall–Kier alpha value is -2.99. The van der Waals surface area contributed by atoms with Gasteiger partial charge in [-0.25, -0.2) is 4.68 Å². The summed E-state index contributed by atoms with van der Waals surface area (Å²) in [5.41, 5.74) is 2.32. The second-order valence-corrected chi connectivity index (χ2v) is 7.95. The fourth-order valence-corrected chi connectivity index (χ4v) is 4.52. The van der Waals surface area contributed by atoms with Crippen molar-refractivity contribution in [3.63, 3.8) is 0 Å². The molecule has 0 bridgehead atoms. The maximum Gasteiger partial charge on any atom is 0.275 e. The molecule has 2 aliphatic heterocycles. The van der Waals surface area contributed by atoms with Crippen molar-refractivity contribution in [3.8, 4) is 0 Å². The van der Waals surface area contributed by atoms with Gasteiger partial charge in [0, 0.05) is 25.0 Å². The third-order valence-corrected chi connectivity index (χ3v) is 6.13. The lowest BCUT2D eigenvalue weighted by atomic mass is 9.93. The summed E-state index contributed by atoms with van der Waals surface area (Å²) in [6.07, 6.45) is 4.54. The van der Waals surface area contributed by atoms with Gasteiger partial charge in [0.1, 0.15) is 0 Å². The minimum atomic E-state index is -0.261. The first-order valence-electron chi connectivity index (χ1n) is 10.3. The molecule has 5 rings (SSSR count). The molecule has 6 heteroatoms. The number of aromatic nitrogens is 2. The molecule has 0 aliphatic carbocycles. The lowest BCUT2D eigenvalue weighted by Gasteiger charge is -2.37. The normalized spacial score (nSPS) is 19.4. The third-order valence-electron chi connectivity index (χ3n) is 6.13. The van der Waals surface area contributed by atoms with Gasteiger partial charge in [-0.05, 0) is 36.5 Å². The van der Waals surface area contributed by atoms with E-state index in [1.807, 2.05) is 41.3 Å². The zero-order valence-electron chi connectivity index (χ0n) is 16.3. The standard InChI is InChI=1S/C23H24N4O2/c28-22-20-10-4-3-8-18(20)14-24-27(22)16-26-15-19-9-2-1-7-17(19)13-21(26)23(29)25-11-5-6-12-25/h1-4,7-10,14,21H,5-6,11-13,15-16H2/t21-/m1/s1. The highest BCUT2D eigenvalue weighted by molar-refractivity contribution is 5.83. The maximum atomic E-state index is 13.3. The van der Waals surface area contributed by atoms with E-state index in [-0.39, 0.29) is 17.5 Å². The molecule has 2 aromatic carbocycles. The molecule has 1 aromatic heterocycles. The van der Waals surface area contributed by atoms with E-state index < -0.39 is 0 Å². The van der Waals surface area contributed by atoms with Crippen LogP contribution in [0.1, 0.15) is 24.0 Å². The van der Waals surface area contributed by atoms with Gasteiger partial charge in [-0.15, -0.1) is 0 Å². The number of carbonyl (C=O) groups is 1. The van der Waals surface area contributed by atoms with E-state index in [1.165, 1.54) is 15.8 Å². The summed E-state index contributed by atoms with van der Waals surface area (Å²) in [5.74, 6) is 0.172. The van der Waals surface area contributed by atoms with Gasteiger partial charge in [0.2, 0.25) is 5.91 Å². The Bertz CT molecular complexity index is 1120. The number of fused-ring (bicyclic) bond motifs is 2. The molecule has 1 saturated heterocycles. The zero-order chi connectivity index (χ0) is 19.8. The molecular weight excluding hydrogens is 364 g/mol. The van der Waals surface area contributed by atoms with E-state index in [9.17, 15) is 9.59 Å². The summed E-state index contributed by atoms with van der Waals surface area (Å²) in [6.45, 7) is 2.61. The quantitative estimate of drug-likeness (QED) is 0.691. The Morgan fingerprint density at radius 2 is 1.72 bits per heavy atom. The molecule has 0 spiro atoms. The zero-order valence-corrected chi connectivity index (χ0v) is 16.3. The number of likely N-dealkylation sites (tertiary alicyclic amines) is 1. The Kier molecular flexibility index (Phi) is 4.64. The Labute approximate surface area is 169 Å². The largest absolute Gasteiger partial charge is 0.341 e. The van der Waals surface area contributed by atoms with E-state index in [2.05, 4.69) is 22.1 Å². The van der Waals surface area contributed by atoms with Gasteiger partial charge in [-0.1, -0.05) is 42.5 Å². The number of hydrogen-bond donors (Lipinski definition) is 0. The second-order valence-electron chi connectivity index (χ2n) is 7.95. The SMILES string of the molecule is O=C([C@H]1Cc2ccccc2CN1Cn1ncc2ccccc2c1=O)N1CCCC1. The van der Waals surface area contributed by atoms with E-state index in [1.54, 1.807) is 6.20 Å². The van der Waals surface area contributed by atoms with Gasteiger partial charge < -0.3 is 4.90 Å². The van der Waals surface area contributed by atoms with Crippen molar-refractivity contribution in [3.05, 3.63) is 76.2 Å². The van der Waals surface area contributed by atoms with E-state index in [0.29, 0.717) is 25.0 Å². The van der Waals surface area contributed by atoms with Gasteiger partial charge in [-0.3, -0.25) is 14.5 Å². The van der Waals surface area contributed by atoms with Crippen LogP contribution in [-0.2, 0) is 24.4 Å². The summed E-state index contributed by atoms with van der Waals surface area (Å²) < 4.78 is 1.49. The molecule has 2 aliphatic rings. The number of carbonyl (C=O) groups excluding carboxylic acids is 1. The second kappa shape index (κ2) is 7.44. The maximum absolute atomic E-state index is 13.3. The van der Waals surface area contributed by atoms with Crippen LogP contribution in [0.25, 0.3) is 10.8 Å². The summed E-state index contributed by atoms with van der Waals surface area (Å²) in [7, 11) is 0. The van der Waals surface area contributed by atoms with Crippen LogP contribution in [-0.4, -0.2) is 44.6 Å². The molecule has 6 nitrogen and oxygen atoms in total. The first kappa shape index (κ1) is 18.1.